The van der Waals surface area contributed by atoms with Crippen molar-refractivity contribution >= 4 is 19.2 Å². The van der Waals surface area contributed by atoms with Gasteiger partial charge in [0.1, 0.15) is 0 Å². The predicted octanol–water partition coefficient (Wildman–Crippen LogP) is 2.02. The molecule has 0 N–H and O–H groups in total. The summed E-state index contributed by atoms with van der Waals surface area (Å²) in [5.41, 5.74) is 0.620. The summed E-state index contributed by atoms with van der Waals surface area (Å²) in [6, 6.07) is 7.72. The molecular formula is C11H16O2Si. The molecule has 0 aliphatic rings. The van der Waals surface area contributed by atoms with Gasteiger partial charge in [-0.15, -0.1) is 0 Å². The van der Waals surface area contributed by atoms with Crippen molar-refractivity contribution in [2.75, 3.05) is 7.11 Å². The molecule has 0 aliphatic carbocycles. The van der Waals surface area contributed by atoms with Crippen molar-refractivity contribution < 1.29 is 9.53 Å². The second-order valence-corrected chi connectivity index (χ2v) is 9.40. The molecule has 14 heavy (non-hydrogen) atoms. The van der Waals surface area contributed by atoms with Gasteiger partial charge in [-0.3, -0.25) is 0 Å². The van der Waals surface area contributed by atoms with E-state index in [1.165, 1.54) is 12.3 Å². The molecule has 1 aromatic rings. The zero-order valence-corrected chi connectivity index (χ0v) is 10.1. The molecule has 0 aliphatic heterocycles. The lowest BCUT2D eigenvalue weighted by Crippen LogP contribution is -2.37. The van der Waals surface area contributed by atoms with E-state index >= 15 is 0 Å². The molecule has 0 saturated carbocycles. The Kier molecular flexibility index (Phi) is 3.11. The number of esters is 1. The normalized spacial score (nSPS) is 11.1. The van der Waals surface area contributed by atoms with Crippen LogP contribution in [-0.4, -0.2) is 21.2 Å². The van der Waals surface area contributed by atoms with E-state index in [1.54, 1.807) is 0 Å². The Morgan fingerprint density at radius 2 is 1.64 bits per heavy atom. The fourth-order valence-electron chi connectivity index (χ4n) is 1.22. The lowest BCUT2D eigenvalue weighted by atomic mass is 10.2. The number of hydrogen-bond donors (Lipinski definition) is 0. The molecule has 1 rings (SSSR count). The van der Waals surface area contributed by atoms with Crippen LogP contribution in [0.4, 0.5) is 0 Å². The molecule has 0 heterocycles. The molecule has 0 unspecified atom stereocenters. The lowest BCUT2D eigenvalue weighted by molar-refractivity contribution is 0.0601. The smallest absolute Gasteiger partial charge is 0.337 e. The molecule has 1 aromatic carbocycles. The Morgan fingerprint density at radius 3 is 2.00 bits per heavy atom. The van der Waals surface area contributed by atoms with Crippen molar-refractivity contribution in [3.05, 3.63) is 29.8 Å². The molecular weight excluding hydrogens is 192 g/mol. The highest BCUT2D eigenvalue weighted by Crippen LogP contribution is 2.05. The standard InChI is InChI=1S/C11H16O2Si/c1-13-11(12)9-5-7-10(8-6-9)14(2,3)4/h5-8H,1-4H3. The van der Waals surface area contributed by atoms with Crippen LogP contribution < -0.4 is 5.19 Å². The molecule has 0 amide bonds. The van der Waals surface area contributed by atoms with Gasteiger partial charge >= 0.3 is 5.97 Å². The van der Waals surface area contributed by atoms with Gasteiger partial charge in [-0.05, 0) is 12.1 Å². The van der Waals surface area contributed by atoms with E-state index in [9.17, 15) is 4.79 Å². The first-order chi connectivity index (χ1) is 6.45. The van der Waals surface area contributed by atoms with Gasteiger partial charge in [0.15, 0.2) is 0 Å². The molecule has 0 radical (unpaired) electrons. The molecule has 2 nitrogen and oxygen atoms in total. The molecule has 76 valence electrons. The van der Waals surface area contributed by atoms with E-state index in [-0.39, 0.29) is 5.97 Å². The van der Waals surface area contributed by atoms with Gasteiger partial charge in [0.2, 0.25) is 0 Å². The SMILES string of the molecule is COC(=O)c1ccc([Si](C)(C)C)cc1. The third kappa shape index (κ3) is 2.45. The Bertz CT molecular complexity index is 322. The first-order valence-electron chi connectivity index (χ1n) is 4.64. The molecule has 0 spiro atoms. The first kappa shape index (κ1) is 11.0. The Labute approximate surface area is 85.9 Å². The number of methoxy groups -OCH3 is 1. The zero-order chi connectivity index (χ0) is 10.8. The van der Waals surface area contributed by atoms with Gasteiger partial charge in [-0.1, -0.05) is 37.0 Å². The second-order valence-electron chi connectivity index (χ2n) is 4.32. The predicted molar refractivity (Wildman–Crippen MR) is 60.8 cm³/mol. The van der Waals surface area contributed by atoms with Crippen molar-refractivity contribution in [3.63, 3.8) is 0 Å². The maximum Gasteiger partial charge on any atom is 0.337 e. The minimum Gasteiger partial charge on any atom is -0.465 e. The second kappa shape index (κ2) is 3.96. The summed E-state index contributed by atoms with van der Waals surface area (Å²) in [7, 11) is 0.144. The number of benzene rings is 1. The highest BCUT2D eigenvalue weighted by Gasteiger charge is 2.16. The van der Waals surface area contributed by atoms with E-state index < -0.39 is 8.07 Å². The summed E-state index contributed by atoms with van der Waals surface area (Å²) < 4.78 is 4.63. The molecule has 0 saturated heterocycles. The van der Waals surface area contributed by atoms with Crippen molar-refractivity contribution in [2.24, 2.45) is 0 Å². The summed E-state index contributed by atoms with van der Waals surface area (Å²) in [6.07, 6.45) is 0. The van der Waals surface area contributed by atoms with Crippen LogP contribution in [-0.2, 0) is 4.74 Å². The van der Waals surface area contributed by atoms with Gasteiger partial charge in [0.05, 0.1) is 20.7 Å². The molecule has 0 aromatic heterocycles. The van der Waals surface area contributed by atoms with Crippen molar-refractivity contribution in [1.82, 2.24) is 0 Å². The zero-order valence-electron chi connectivity index (χ0n) is 9.13. The van der Waals surface area contributed by atoms with Crippen LogP contribution in [0.15, 0.2) is 24.3 Å². The summed E-state index contributed by atoms with van der Waals surface area (Å²) >= 11 is 0. The summed E-state index contributed by atoms with van der Waals surface area (Å²) in [4.78, 5) is 11.2. The van der Waals surface area contributed by atoms with Crippen molar-refractivity contribution in [1.29, 1.82) is 0 Å². The number of carbonyl (C=O) groups excluding carboxylic acids is 1. The highest BCUT2D eigenvalue weighted by atomic mass is 28.3. The molecule has 3 heteroatoms. The topological polar surface area (TPSA) is 26.3 Å². The third-order valence-electron chi connectivity index (χ3n) is 2.17. The average Bonchev–Trinajstić information content (AvgIpc) is 2.15. The quantitative estimate of drug-likeness (QED) is 0.549. The summed E-state index contributed by atoms with van der Waals surface area (Å²) in [6.45, 7) is 6.83. The monoisotopic (exact) mass is 208 g/mol. The van der Waals surface area contributed by atoms with Crippen LogP contribution in [0.5, 0.6) is 0 Å². The maximum absolute atomic E-state index is 11.2. The molecule has 0 atom stereocenters. The van der Waals surface area contributed by atoms with Crippen molar-refractivity contribution in [2.45, 2.75) is 19.6 Å². The van der Waals surface area contributed by atoms with Crippen LogP contribution in [0, 0.1) is 0 Å². The van der Waals surface area contributed by atoms with E-state index in [2.05, 4.69) is 24.4 Å². The van der Waals surface area contributed by atoms with E-state index in [4.69, 9.17) is 0 Å². The number of carbonyl (C=O) groups is 1. The van der Waals surface area contributed by atoms with Crippen LogP contribution in [0.1, 0.15) is 10.4 Å². The number of ether oxygens (including phenoxy) is 1. The van der Waals surface area contributed by atoms with Crippen LogP contribution in [0.25, 0.3) is 0 Å². The Hall–Kier alpha value is -1.09. The lowest BCUT2D eigenvalue weighted by Gasteiger charge is -2.16. The Morgan fingerprint density at radius 1 is 1.14 bits per heavy atom. The van der Waals surface area contributed by atoms with Crippen LogP contribution in [0.3, 0.4) is 0 Å². The minimum atomic E-state index is -1.25. The largest absolute Gasteiger partial charge is 0.465 e. The average molecular weight is 208 g/mol. The van der Waals surface area contributed by atoms with Gasteiger partial charge < -0.3 is 4.74 Å². The fraction of sp³-hybridized carbons (Fsp3) is 0.364. The molecule has 0 bridgehead atoms. The fourth-order valence-corrected chi connectivity index (χ4v) is 2.39. The van der Waals surface area contributed by atoms with E-state index in [0.29, 0.717) is 5.56 Å². The third-order valence-corrected chi connectivity index (χ3v) is 4.24. The van der Waals surface area contributed by atoms with Gasteiger partial charge in [0.25, 0.3) is 0 Å². The minimum absolute atomic E-state index is 0.271. The highest BCUT2D eigenvalue weighted by molar-refractivity contribution is 6.88. The number of hydrogen-bond acceptors (Lipinski definition) is 2. The van der Waals surface area contributed by atoms with Gasteiger partial charge in [-0.2, -0.15) is 0 Å². The van der Waals surface area contributed by atoms with Gasteiger partial charge in [-0.25, -0.2) is 4.79 Å². The molecule has 0 fully saturated rings. The number of rotatable bonds is 2. The van der Waals surface area contributed by atoms with E-state index in [1.807, 2.05) is 24.3 Å². The van der Waals surface area contributed by atoms with Crippen LogP contribution in [0.2, 0.25) is 19.6 Å². The summed E-state index contributed by atoms with van der Waals surface area (Å²) in [5, 5.41) is 1.35. The van der Waals surface area contributed by atoms with Gasteiger partial charge in [0, 0.05) is 0 Å². The summed E-state index contributed by atoms with van der Waals surface area (Å²) in [5.74, 6) is -0.271. The van der Waals surface area contributed by atoms with E-state index in [0.717, 1.165) is 0 Å². The van der Waals surface area contributed by atoms with Crippen LogP contribution >= 0.6 is 0 Å². The first-order valence-corrected chi connectivity index (χ1v) is 8.14. The van der Waals surface area contributed by atoms with Crippen molar-refractivity contribution in [3.8, 4) is 0 Å². The maximum atomic E-state index is 11.2. The Balaban J connectivity index is 2.95.